The maximum absolute atomic E-state index is 12.9. The molecular weight excluding hydrogens is 1340 g/mol. The summed E-state index contributed by atoms with van der Waals surface area (Å²) in [5.74, 6) is -1.60. The summed E-state index contributed by atoms with van der Waals surface area (Å²) in [4.78, 5) is 58.6. The van der Waals surface area contributed by atoms with Crippen molar-refractivity contribution in [3.05, 3.63) is 109 Å². The van der Waals surface area contributed by atoms with Crippen molar-refractivity contribution < 1.29 is 75.8 Å². The number of phosphoric ester groups is 2. The average Bonchev–Trinajstić information content (AvgIpc) is 0.927. The van der Waals surface area contributed by atoms with E-state index >= 15 is 0 Å². The molecule has 0 rings (SSSR count). The fourth-order valence-corrected chi connectivity index (χ4v) is 12.8. The van der Waals surface area contributed by atoms with Crippen LogP contribution in [-0.2, 0) is 55.8 Å². The van der Waals surface area contributed by atoms with Crippen LogP contribution in [0.15, 0.2) is 109 Å². The number of unbranched alkanes of at least 4 members (excludes halogenated alkanes) is 37. The second-order valence-electron chi connectivity index (χ2n) is 27.5. The van der Waals surface area contributed by atoms with Gasteiger partial charge in [0.05, 0.1) is 26.4 Å². The second kappa shape index (κ2) is 77.8. The van der Waals surface area contributed by atoms with Gasteiger partial charge in [-0.3, -0.25) is 32.5 Å². The summed E-state index contributed by atoms with van der Waals surface area (Å²) in [6, 6.07) is 0. The summed E-state index contributed by atoms with van der Waals surface area (Å²) < 4.78 is 61.1. The maximum Gasteiger partial charge on any atom is 0.472 e. The standard InChI is InChI=1S/C85H150O16P2/c1-4-7-10-13-16-19-22-25-28-30-31-32-33-34-35-36-37-38-39-40-41-42-43-44-45-46-47-49-52-53-56-59-62-65-68-71-83(88)95-74-80(86)75-97-102(91,92)98-76-81(87)77-99-103(93,94)100-79-82(101-85(90)73-70-67-64-61-58-55-50-27-24-21-18-15-12-9-6-3)78-96-84(89)72-69-66-63-60-57-54-51-48-29-26-23-20-17-14-11-8-5-2/h8,11,16-17,19-20,25-29,31-32,34-35,50-51,54,80-82,86-87H,4-7,9-10,12-15,18,21-24,30,33,36-49,52-53,55-79H2,1-3H3,(H,91,92)(H,93,94)/b11-8-,19-16-,20-17-,28-25-,29-26-,32-31-,35-34-,50-27-,54-51-. The van der Waals surface area contributed by atoms with E-state index in [-0.39, 0.29) is 19.3 Å². The van der Waals surface area contributed by atoms with Gasteiger partial charge in [0.25, 0.3) is 0 Å². The van der Waals surface area contributed by atoms with Crippen molar-refractivity contribution in [1.29, 1.82) is 0 Å². The first-order chi connectivity index (χ1) is 50.2. The second-order valence-corrected chi connectivity index (χ2v) is 30.4. The van der Waals surface area contributed by atoms with Gasteiger partial charge >= 0.3 is 33.6 Å². The van der Waals surface area contributed by atoms with Gasteiger partial charge in [0.1, 0.15) is 25.4 Å². The molecule has 4 N–H and O–H groups in total. The average molecular weight is 1490 g/mol. The zero-order chi connectivity index (χ0) is 75.2. The third-order valence-electron chi connectivity index (χ3n) is 17.5. The number of hydrogen-bond acceptors (Lipinski definition) is 14. The van der Waals surface area contributed by atoms with Crippen molar-refractivity contribution in [2.24, 2.45) is 0 Å². The summed E-state index contributed by atoms with van der Waals surface area (Å²) in [5.41, 5.74) is 0. The smallest absolute Gasteiger partial charge is 0.463 e. The Labute approximate surface area is 628 Å². The van der Waals surface area contributed by atoms with Gasteiger partial charge in [-0.25, -0.2) is 9.13 Å². The molecule has 103 heavy (non-hydrogen) atoms. The molecule has 16 nitrogen and oxygen atoms in total. The lowest BCUT2D eigenvalue weighted by molar-refractivity contribution is -0.161. The minimum absolute atomic E-state index is 0.0890. The minimum atomic E-state index is -4.94. The van der Waals surface area contributed by atoms with Crippen LogP contribution in [0.2, 0.25) is 0 Å². The Morgan fingerprint density at radius 2 is 0.515 bits per heavy atom. The number of hydrogen-bond donors (Lipinski definition) is 4. The third kappa shape index (κ3) is 79.1. The molecule has 0 aliphatic rings. The highest BCUT2D eigenvalue weighted by Crippen LogP contribution is 2.45. The lowest BCUT2D eigenvalue weighted by Gasteiger charge is -2.21. The summed E-state index contributed by atoms with van der Waals surface area (Å²) in [5, 5.41) is 20.6. The quantitative estimate of drug-likeness (QED) is 0.0146. The number of phosphoric acid groups is 2. The van der Waals surface area contributed by atoms with Gasteiger partial charge in [-0.05, 0) is 128 Å². The molecule has 0 fully saturated rings. The first-order valence-corrected chi connectivity index (χ1v) is 44.2. The van der Waals surface area contributed by atoms with Gasteiger partial charge in [-0.15, -0.1) is 0 Å². The van der Waals surface area contributed by atoms with Crippen molar-refractivity contribution >= 4 is 33.6 Å². The molecule has 5 unspecified atom stereocenters. The van der Waals surface area contributed by atoms with Crippen LogP contribution in [0.5, 0.6) is 0 Å². The first kappa shape index (κ1) is 99.2. The van der Waals surface area contributed by atoms with E-state index in [1.165, 1.54) is 167 Å². The number of rotatable bonds is 78. The van der Waals surface area contributed by atoms with Gasteiger partial charge < -0.3 is 34.2 Å². The van der Waals surface area contributed by atoms with E-state index in [4.69, 9.17) is 32.3 Å². The van der Waals surface area contributed by atoms with Gasteiger partial charge in [0, 0.05) is 19.3 Å². The van der Waals surface area contributed by atoms with Crippen LogP contribution in [-0.4, -0.2) is 95.9 Å². The molecule has 0 aromatic carbocycles. The molecule has 0 aromatic heterocycles. The molecule has 0 spiro atoms. The molecular formula is C85H150O16P2. The van der Waals surface area contributed by atoms with Crippen LogP contribution >= 0.6 is 15.6 Å². The maximum atomic E-state index is 12.9. The van der Waals surface area contributed by atoms with Crippen molar-refractivity contribution in [3.63, 3.8) is 0 Å². The predicted octanol–water partition coefficient (Wildman–Crippen LogP) is 24.3. The fourth-order valence-electron chi connectivity index (χ4n) is 11.2. The highest BCUT2D eigenvalue weighted by Gasteiger charge is 2.29. The summed E-state index contributed by atoms with van der Waals surface area (Å²) in [6.07, 6.45) is 91.6. The van der Waals surface area contributed by atoms with E-state index in [2.05, 4.69) is 130 Å². The lowest BCUT2D eigenvalue weighted by atomic mass is 10.0. The van der Waals surface area contributed by atoms with Crippen LogP contribution in [0.25, 0.3) is 0 Å². The normalized spacial score (nSPS) is 14.5. The van der Waals surface area contributed by atoms with Crippen molar-refractivity contribution in [2.45, 2.75) is 373 Å². The Kier molecular flexibility index (Phi) is 74.9. The molecule has 5 atom stereocenters. The Balaban J connectivity index is 4.38. The summed E-state index contributed by atoms with van der Waals surface area (Å²) in [7, 11) is -9.79. The van der Waals surface area contributed by atoms with Gasteiger partial charge in [-0.1, -0.05) is 316 Å². The molecule has 0 saturated heterocycles. The van der Waals surface area contributed by atoms with E-state index in [0.717, 1.165) is 128 Å². The van der Waals surface area contributed by atoms with E-state index in [0.29, 0.717) is 19.3 Å². The van der Waals surface area contributed by atoms with Crippen molar-refractivity contribution in [2.75, 3.05) is 39.6 Å². The van der Waals surface area contributed by atoms with Crippen molar-refractivity contribution in [1.82, 2.24) is 0 Å². The number of ether oxygens (including phenoxy) is 3. The fraction of sp³-hybridized carbons (Fsp3) is 0.753. The van der Waals surface area contributed by atoms with Gasteiger partial charge in [0.2, 0.25) is 0 Å². The monoisotopic (exact) mass is 1490 g/mol. The Morgan fingerprint density at radius 3 is 0.845 bits per heavy atom. The highest BCUT2D eigenvalue weighted by molar-refractivity contribution is 7.47. The molecule has 0 bridgehead atoms. The number of carbonyl (C=O) groups excluding carboxylic acids is 3. The Morgan fingerprint density at radius 1 is 0.282 bits per heavy atom. The summed E-state index contributed by atoms with van der Waals surface area (Å²) >= 11 is 0. The van der Waals surface area contributed by atoms with Crippen LogP contribution in [0.4, 0.5) is 0 Å². The molecule has 0 aliphatic heterocycles. The van der Waals surface area contributed by atoms with Crippen LogP contribution in [0, 0.1) is 0 Å². The molecule has 596 valence electrons. The number of aliphatic hydroxyl groups excluding tert-OH is 2. The van der Waals surface area contributed by atoms with Gasteiger partial charge in [0.15, 0.2) is 6.10 Å². The Bertz CT molecular complexity index is 2310. The number of allylic oxidation sites excluding steroid dienone is 18. The highest BCUT2D eigenvalue weighted by atomic mass is 31.2. The van der Waals surface area contributed by atoms with Crippen LogP contribution in [0.3, 0.4) is 0 Å². The van der Waals surface area contributed by atoms with Crippen molar-refractivity contribution in [3.8, 4) is 0 Å². The van der Waals surface area contributed by atoms with Crippen LogP contribution < -0.4 is 0 Å². The zero-order valence-corrected chi connectivity index (χ0v) is 67.0. The predicted molar refractivity (Wildman–Crippen MR) is 427 cm³/mol. The van der Waals surface area contributed by atoms with Gasteiger partial charge in [-0.2, -0.15) is 0 Å². The van der Waals surface area contributed by atoms with E-state index in [9.17, 15) is 43.5 Å². The molecule has 0 radical (unpaired) electrons. The largest absolute Gasteiger partial charge is 0.472 e. The third-order valence-corrected chi connectivity index (χ3v) is 19.4. The molecule has 0 aromatic rings. The molecule has 0 amide bonds. The zero-order valence-electron chi connectivity index (χ0n) is 65.2. The Hall–Kier alpha value is -3.79. The SMILES string of the molecule is CC/C=C\C/C=C\C/C=C\C/C=C\CCCCCCC(=O)OCC(COP(=O)(O)OCC(O)COP(=O)(O)OCC(O)COC(=O)CCCCCCCCCCCCCCCCCCCCC/C=C\C/C=C\C/C=C\C/C=C\CCCCC)OC(=O)CCCCCCC/C=C\CCCCCCCC. The molecule has 0 heterocycles. The van der Waals surface area contributed by atoms with Crippen LogP contribution in [0.1, 0.15) is 355 Å². The van der Waals surface area contributed by atoms with E-state index < -0.39 is 91.5 Å². The minimum Gasteiger partial charge on any atom is -0.463 e. The summed E-state index contributed by atoms with van der Waals surface area (Å²) in [6.45, 7) is 2.53. The molecule has 0 aliphatic carbocycles. The lowest BCUT2D eigenvalue weighted by Crippen LogP contribution is -2.30. The number of esters is 3. The van der Waals surface area contributed by atoms with E-state index in [1.807, 2.05) is 0 Å². The molecule has 18 heteroatoms. The molecule has 0 saturated carbocycles. The van der Waals surface area contributed by atoms with E-state index in [1.54, 1.807) is 0 Å². The number of aliphatic hydroxyl groups is 2. The number of carbonyl (C=O) groups is 3. The topological polar surface area (TPSA) is 231 Å². The first-order valence-electron chi connectivity index (χ1n) is 41.2.